The highest BCUT2D eigenvalue weighted by molar-refractivity contribution is 7.99. The molecular formula is C17H22N6OS. The average Bonchev–Trinajstić information content (AvgIpc) is 2.59. The summed E-state index contributed by atoms with van der Waals surface area (Å²) in [6, 6.07) is 7.83. The van der Waals surface area contributed by atoms with Crippen LogP contribution in [0, 0.1) is 6.92 Å². The van der Waals surface area contributed by atoms with Gasteiger partial charge < -0.3 is 16.4 Å². The predicted octanol–water partition coefficient (Wildman–Crippen LogP) is 2.43. The summed E-state index contributed by atoms with van der Waals surface area (Å²) in [6.45, 7) is 7.85. The first-order valence-electron chi connectivity index (χ1n) is 7.83. The number of thioether (sulfide) groups is 1. The molecule has 1 aromatic heterocycles. The van der Waals surface area contributed by atoms with E-state index in [9.17, 15) is 4.79 Å². The molecule has 0 spiro atoms. The third-order valence-electron chi connectivity index (χ3n) is 3.34. The molecule has 1 aromatic carbocycles. The first kappa shape index (κ1) is 18.7. The fourth-order valence-corrected chi connectivity index (χ4v) is 2.75. The zero-order chi connectivity index (χ0) is 18.2. The monoisotopic (exact) mass is 358 g/mol. The number of aryl methyl sites for hydroxylation is 1. The van der Waals surface area contributed by atoms with E-state index in [1.165, 1.54) is 11.8 Å². The van der Waals surface area contributed by atoms with E-state index in [0.717, 1.165) is 11.3 Å². The Labute approximate surface area is 151 Å². The van der Waals surface area contributed by atoms with Gasteiger partial charge in [0, 0.05) is 12.2 Å². The number of rotatable bonds is 8. The number of nitrogens with one attached hydrogen (secondary N) is 2. The fourth-order valence-electron chi connectivity index (χ4n) is 1.98. The van der Waals surface area contributed by atoms with Crippen molar-refractivity contribution in [3.63, 3.8) is 0 Å². The summed E-state index contributed by atoms with van der Waals surface area (Å²) >= 11 is 1.43. The van der Waals surface area contributed by atoms with Crippen molar-refractivity contribution in [1.82, 2.24) is 20.3 Å². The van der Waals surface area contributed by atoms with Crippen molar-refractivity contribution in [3.05, 3.63) is 48.3 Å². The number of para-hydroxylation sites is 1. The van der Waals surface area contributed by atoms with Gasteiger partial charge in [-0.1, -0.05) is 24.3 Å². The maximum Gasteiger partial charge on any atom is 0.233 e. The van der Waals surface area contributed by atoms with Crippen LogP contribution in [-0.2, 0) is 10.5 Å². The number of aromatic nitrogens is 3. The number of hydrogen-bond acceptors (Lipinski definition) is 7. The first-order valence-corrected chi connectivity index (χ1v) is 8.87. The van der Waals surface area contributed by atoms with Crippen LogP contribution in [0.15, 0.2) is 36.9 Å². The van der Waals surface area contributed by atoms with E-state index in [-0.39, 0.29) is 17.1 Å². The zero-order valence-corrected chi connectivity index (χ0v) is 15.1. The fraction of sp³-hybridized carbons (Fsp3) is 0.294. The zero-order valence-electron chi connectivity index (χ0n) is 14.3. The minimum Gasteiger partial charge on any atom is -0.368 e. The number of carbonyl (C=O) groups excluding carboxylic acids is 1. The Hall–Kier alpha value is -2.61. The number of nitrogens with two attached hydrogens (primary N) is 1. The molecule has 1 amide bonds. The number of amides is 1. The van der Waals surface area contributed by atoms with Gasteiger partial charge in [0.05, 0.1) is 11.0 Å². The third-order valence-corrected chi connectivity index (χ3v) is 4.48. The van der Waals surface area contributed by atoms with Crippen LogP contribution < -0.4 is 16.4 Å². The largest absolute Gasteiger partial charge is 0.368 e. The van der Waals surface area contributed by atoms with Crippen LogP contribution in [0.2, 0.25) is 0 Å². The van der Waals surface area contributed by atoms with Crippen LogP contribution >= 0.6 is 11.8 Å². The van der Waals surface area contributed by atoms with E-state index in [4.69, 9.17) is 5.73 Å². The quantitative estimate of drug-likeness (QED) is 0.622. The van der Waals surface area contributed by atoms with Gasteiger partial charge in [-0.15, -0.1) is 18.3 Å². The average molecular weight is 358 g/mol. The van der Waals surface area contributed by atoms with Gasteiger partial charge in [0.1, 0.15) is 5.82 Å². The molecule has 0 saturated heterocycles. The highest BCUT2D eigenvalue weighted by atomic mass is 32.2. The molecule has 1 unspecified atom stereocenters. The van der Waals surface area contributed by atoms with Gasteiger partial charge in [0.2, 0.25) is 17.8 Å². The maximum absolute atomic E-state index is 11.9. The second kappa shape index (κ2) is 9.03. The summed E-state index contributed by atoms with van der Waals surface area (Å²) in [4.78, 5) is 24.5. The molecule has 0 bridgehead atoms. The first-order chi connectivity index (χ1) is 12.0. The highest BCUT2D eigenvalue weighted by Crippen LogP contribution is 2.20. The lowest BCUT2D eigenvalue weighted by Crippen LogP contribution is -2.31. The Morgan fingerprint density at radius 3 is 2.84 bits per heavy atom. The summed E-state index contributed by atoms with van der Waals surface area (Å²) in [5.74, 6) is 1.46. The summed E-state index contributed by atoms with van der Waals surface area (Å²) in [5.41, 5.74) is 7.76. The molecule has 0 aliphatic carbocycles. The minimum atomic E-state index is -0.231. The molecule has 0 aliphatic rings. The molecule has 0 saturated carbocycles. The summed E-state index contributed by atoms with van der Waals surface area (Å²) < 4.78 is 0. The number of nitrogen functional groups attached to an aromatic ring is 1. The standard InChI is InChI=1S/C17H22N6OS/c1-4-9-19-15(24)12(3)25-10-14-21-16(18)23-17(22-14)20-13-8-6-5-7-11(13)2/h4-8,12H,1,9-10H2,2-3H3,(H,19,24)(H3,18,20,21,22,23). The number of benzene rings is 1. The van der Waals surface area contributed by atoms with E-state index in [0.29, 0.717) is 24.1 Å². The second-order valence-corrected chi connectivity index (χ2v) is 6.69. The van der Waals surface area contributed by atoms with Gasteiger partial charge >= 0.3 is 0 Å². The molecule has 0 radical (unpaired) electrons. The van der Waals surface area contributed by atoms with Gasteiger partial charge in [0.15, 0.2) is 0 Å². The van der Waals surface area contributed by atoms with Crippen molar-refractivity contribution in [2.75, 3.05) is 17.6 Å². The summed E-state index contributed by atoms with van der Waals surface area (Å²) in [7, 11) is 0. The molecule has 7 nitrogen and oxygen atoms in total. The van der Waals surface area contributed by atoms with E-state index < -0.39 is 0 Å². The van der Waals surface area contributed by atoms with Crippen LogP contribution in [-0.4, -0.2) is 32.7 Å². The predicted molar refractivity (Wildman–Crippen MR) is 103 cm³/mol. The molecule has 1 heterocycles. The molecule has 1 atom stereocenters. The normalized spacial score (nSPS) is 11.6. The lowest BCUT2D eigenvalue weighted by molar-refractivity contribution is -0.120. The van der Waals surface area contributed by atoms with Gasteiger partial charge in [-0.25, -0.2) is 0 Å². The number of hydrogen-bond donors (Lipinski definition) is 3. The Morgan fingerprint density at radius 2 is 2.12 bits per heavy atom. The Balaban J connectivity index is 2.02. The van der Waals surface area contributed by atoms with Crippen molar-refractivity contribution in [1.29, 1.82) is 0 Å². The van der Waals surface area contributed by atoms with Crippen LogP contribution in [0.4, 0.5) is 17.6 Å². The molecule has 132 valence electrons. The van der Waals surface area contributed by atoms with Crippen LogP contribution in [0.25, 0.3) is 0 Å². The lowest BCUT2D eigenvalue weighted by atomic mass is 10.2. The van der Waals surface area contributed by atoms with E-state index in [2.05, 4.69) is 32.2 Å². The van der Waals surface area contributed by atoms with Gasteiger partial charge in [-0.05, 0) is 25.5 Å². The van der Waals surface area contributed by atoms with E-state index in [1.807, 2.05) is 38.1 Å². The van der Waals surface area contributed by atoms with Crippen LogP contribution in [0.3, 0.4) is 0 Å². The van der Waals surface area contributed by atoms with Crippen LogP contribution in [0.5, 0.6) is 0 Å². The smallest absolute Gasteiger partial charge is 0.233 e. The van der Waals surface area contributed by atoms with Gasteiger partial charge in [-0.2, -0.15) is 15.0 Å². The van der Waals surface area contributed by atoms with E-state index in [1.54, 1.807) is 6.08 Å². The van der Waals surface area contributed by atoms with Crippen molar-refractivity contribution in [2.45, 2.75) is 24.9 Å². The van der Waals surface area contributed by atoms with Gasteiger partial charge in [-0.3, -0.25) is 4.79 Å². The molecule has 0 fully saturated rings. The summed E-state index contributed by atoms with van der Waals surface area (Å²) in [6.07, 6.45) is 1.64. The SMILES string of the molecule is C=CCNC(=O)C(C)SCc1nc(N)nc(Nc2ccccc2C)n1. The van der Waals surface area contributed by atoms with Crippen molar-refractivity contribution < 1.29 is 4.79 Å². The molecule has 0 aliphatic heterocycles. The molecule has 2 aromatic rings. The Bertz CT molecular complexity index is 752. The lowest BCUT2D eigenvalue weighted by Gasteiger charge is -2.12. The molecular weight excluding hydrogens is 336 g/mol. The molecule has 8 heteroatoms. The number of anilines is 3. The Kier molecular flexibility index (Phi) is 6.76. The Morgan fingerprint density at radius 1 is 1.36 bits per heavy atom. The molecule has 25 heavy (non-hydrogen) atoms. The van der Waals surface area contributed by atoms with Crippen molar-refractivity contribution >= 4 is 35.3 Å². The van der Waals surface area contributed by atoms with Gasteiger partial charge in [0.25, 0.3) is 0 Å². The second-order valence-electron chi connectivity index (χ2n) is 5.36. The van der Waals surface area contributed by atoms with Crippen LogP contribution in [0.1, 0.15) is 18.3 Å². The number of nitrogens with zero attached hydrogens (tertiary/aromatic N) is 3. The highest BCUT2D eigenvalue weighted by Gasteiger charge is 2.14. The number of carbonyl (C=O) groups is 1. The topological polar surface area (TPSA) is 106 Å². The maximum atomic E-state index is 11.9. The summed E-state index contributed by atoms with van der Waals surface area (Å²) in [5, 5.41) is 5.68. The minimum absolute atomic E-state index is 0.0508. The van der Waals surface area contributed by atoms with Crippen molar-refractivity contribution in [2.24, 2.45) is 0 Å². The third kappa shape index (κ3) is 5.75. The molecule has 4 N–H and O–H groups in total. The van der Waals surface area contributed by atoms with E-state index >= 15 is 0 Å². The molecule has 2 rings (SSSR count). The van der Waals surface area contributed by atoms with Crippen molar-refractivity contribution in [3.8, 4) is 0 Å².